The van der Waals surface area contributed by atoms with Gasteiger partial charge in [-0.2, -0.15) is 0 Å². The van der Waals surface area contributed by atoms with Crippen LogP contribution in [0.25, 0.3) is 0 Å². The Bertz CT molecular complexity index is 1010. The number of Topliss-reactive ketones (excluding diaryl/α,β-unsaturated/α-hetero) is 1. The average molecular weight is 489 g/mol. The highest BCUT2D eigenvalue weighted by Crippen LogP contribution is 2.32. The van der Waals surface area contributed by atoms with Crippen LogP contribution in [0.3, 0.4) is 0 Å². The van der Waals surface area contributed by atoms with Crippen LogP contribution in [-0.2, 0) is 17.8 Å². The highest BCUT2D eigenvalue weighted by Gasteiger charge is 2.40. The summed E-state index contributed by atoms with van der Waals surface area (Å²) in [6.07, 6.45) is 9.43. The minimum atomic E-state index is -0.113. The van der Waals surface area contributed by atoms with Crippen molar-refractivity contribution < 1.29 is 9.59 Å². The second kappa shape index (κ2) is 11.9. The van der Waals surface area contributed by atoms with Crippen molar-refractivity contribution in [1.82, 2.24) is 15.5 Å². The molecule has 2 atom stereocenters. The molecule has 1 saturated heterocycles. The van der Waals surface area contributed by atoms with Gasteiger partial charge in [-0.15, -0.1) is 0 Å². The lowest BCUT2D eigenvalue weighted by Crippen LogP contribution is -2.58. The van der Waals surface area contributed by atoms with Crippen LogP contribution in [0, 0.1) is 5.92 Å². The number of hydrogen-bond acceptors (Lipinski definition) is 4. The van der Waals surface area contributed by atoms with E-state index in [1.54, 1.807) is 0 Å². The zero-order valence-corrected chi connectivity index (χ0v) is 21.3. The van der Waals surface area contributed by atoms with Gasteiger partial charge in [-0.25, -0.2) is 4.79 Å². The number of piperidine rings is 1. The van der Waals surface area contributed by atoms with Crippen LogP contribution >= 0.6 is 0 Å². The minimum absolute atomic E-state index is 0.0886. The fourth-order valence-corrected chi connectivity index (χ4v) is 6.30. The van der Waals surface area contributed by atoms with Gasteiger partial charge in [0.2, 0.25) is 0 Å². The van der Waals surface area contributed by atoms with E-state index in [0.717, 1.165) is 57.2 Å². The topological polar surface area (TPSA) is 73.5 Å². The number of amides is 2. The second-order valence-corrected chi connectivity index (χ2v) is 10.8. The molecule has 2 aromatic carbocycles. The Morgan fingerprint density at radius 1 is 0.889 bits per heavy atom. The van der Waals surface area contributed by atoms with Crippen molar-refractivity contribution in [2.75, 3.05) is 18.4 Å². The van der Waals surface area contributed by atoms with Crippen LogP contribution in [-0.4, -0.2) is 47.9 Å². The van der Waals surface area contributed by atoms with E-state index < -0.39 is 0 Å². The number of fused-ring (bicyclic) bond motifs is 1. The molecule has 1 aliphatic carbocycles. The van der Waals surface area contributed by atoms with Gasteiger partial charge in [0.25, 0.3) is 0 Å². The predicted octanol–water partition coefficient (Wildman–Crippen LogP) is 4.90. The van der Waals surface area contributed by atoms with Gasteiger partial charge in [-0.1, -0.05) is 67.8 Å². The first-order chi connectivity index (χ1) is 17.7. The van der Waals surface area contributed by atoms with Crippen LogP contribution in [0.5, 0.6) is 0 Å². The number of benzene rings is 2. The van der Waals surface area contributed by atoms with E-state index in [9.17, 15) is 9.59 Å². The van der Waals surface area contributed by atoms with E-state index in [1.807, 2.05) is 30.3 Å². The molecule has 0 bridgehead atoms. The van der Waals surface area contributed by atoms with Gasteiger partial charge in [0.1, 0.15) is 0 Å². The third kappa shape index (κ3) is 6.09. The predicted molar refractivity (Wildman–Crippen MR) is 144 cm³/mol. The van der Waals surface area contributed by atoms with Gasteiger partial charge >= 0.3 is 6.03 Å². The molecule has 2 aliphatic heterocycles. The molecule has 2 amide bonds. The summed E-state index contributed by atoms with van der Waals surface area (Å²) in [5, 5.41) is 9.88. The number of aryl methyl sites for hydroxylation is 1. The minimum Gasteiger partial charge on any atom is -0.380 e. The van der Waals surface area contributed by atoms with Crippen LogP contribution < -0.4 is 16.0 Å². The maximum Gasteiger partial charge on any atom is 0.315 e. The SMILES string of the molecule is O=C(NCc1ccccc1)NC1CCN(C(C(=O)C2CCCCC2)C2CCc3ccccc3N2)CC1. The van der Waals surface area contributed by atoms with Crippen molar-refractivity contribution in [1.29, 1.82) is 0 Å². The number of para-hydroxylation sites is 1. The number of urea groups is 1. The Kier molecular flexibility index (Phi) is 8.22. The fraction of sp³-hybridized carbons (Fsp3) is 0.533. The lowest BCUT2D eigenvalue weighted by Gasteiger charge is -2.43. The van der Waals surface area contributed by atoms with Gasteiger partial charge < -0.3 is 16.0 Å². The van der Waals surface area contributed by atoms with Crippen molar-refractivity contribution in [3.63, 3.8) is 0 Å². The number of ketones is 1. The molecule has 0 radical (unpaired) electrons. The molecule has 36 heavy (non-hydrogen) atoms. The molecular weight excluding hydrogens is 448 g/mol. The number of rotatable bonds is 7. The standard InChI is InChI=1S/C30H40N4O2/c35-29(24-12-5-2-6-13-24)28(27-16-15-23-11-7-8-14-26(23)33-27)34-19-17-25(18-20-34)32-30(36)31-21-22-9-3-1-4-10-22/h1,3-4,7-11,14,24-25,27-28,33H,2,5-6,12-13,15-21H2,(H2,31,32,36). The molecule has 6 heteroatoms. The maximum absolute atomic E-state index is 13.9. The first-order valence-corrected chi connectivity index (χ1v) is 13.9. The highest BCUT2D eigenvalue weighted by molar-refractivity contribution is 5.88. The molecule has 192 valence electrons. The molecule has 0 spiro atoms. The molecule has 5 rings (SSSR count). The zero-order chi connectivity index (χ0) is 24.7. The van der Waals surface area contributed by atoms with E-state index in [2.05, 4.69) is 45.1 Å². The van der Waals surface area contributed by atoms with Gasteiger partial charge in [0.05, 0.1) is 6.04 Å². The lowest BCUT2D eigenvalue weighted by atomic mass is 9.79. The molecule has 6 nitrogen and oxygen atoms in total. The van der Waals surface area contributed by atoms with E-state index in [1.165, 1.54) is 30.5 Å². The van der Waals surface area contributed by atoms with E-state index in [0.29, 0.717) is 12.3 Å². The normalized spacial score (nSPS) is 22.2. The summed E-state index contributed by atoms with van der Waals surface area (Å²) < 4.78 is 0. The number of hydrogen-bond donors (Lipinski definition) is 3. The Balaban J connectivity index is 1.20. The van der Waals surface area contributed by atoms with Crippen molar-refractivity contribution in [3.05, 3.63) is 65.7 Å². The van der Waals surface area contributed by atoms with Crippen molar-refractivity contribution in [3.8, 4) is 0 Å². The average Bonchev–Trinajstić information content (AvgIpc) is 2.94. The molecule has 0 aromatic heterocycles. The number of nitrogens with one attached hydrogen (secondary N) is 3. The maximum atomic E-state index is 13.9. The van der Waals surface area contributed by atoms with Crippen molar-refractivity contribution in [2.45, 2.75) is 82.5 Å². The monoisotopic (exact) mass is 488 g/mol. The number of likely N-dealkylation sites (tertiary alicyclic amines) is 1. The van der Waals surface area contributed by atoms with Crippen LogP contribution in [0.2, 0.25) is 0 Å². The summed E-state index contributed by atoms with van der Waals surface area (Å²) in [4.78, 5) is 28.8. The summed E-state index contributed by atoms with van der Waals surface area (Å²) >= 11 is 0. The Hall–Kier alpha value is -2.86. The number of anilines is 1. The van der Waals surface area contributed by atoms with E-state index >= 15 is 0 Å². The Labute approximate surface area is 215 Å². The van der Waals surface area contributed by atoms with Crippen LogP contribution in [0.15, 0.2) is 54.6 Å². The Morgan fingerprint density at radius 3 is 2.39 bits per heavy atom. The van der Waals surface area contributed by atoms with Gasteiger partial charge in [0.15, 0.2) is 5.78 Å². The van der Waals surface area contributed by atoms with Gasteiger partial charge in [-0.05, 0) is 55.7 Å². The first kappa shape index (κ1) is 24.8. The smallest absolute Gasteiger partial charge is 0.315 e. The molecule has 2 heterocycles. The molecule has 2 aromatic rings. The van der Waals surface area contributed by atoms with Gasteiger partial charge in [-0.3, -0.25) is 9.69 Å². The summed E-state index contributed by atoms with van der Waals surface area (Å²) in [6, 6.07) is 18.6. The third-order valence-electron chi connectivity index (χ3n) is 8.32. The van der Waals surface area contributed by atoms with E-state index in [-0.39, 0.29) is 30.1 Å². The lowest BCUT2D eigenvalue weighted by molar-refractivity contribution is -0.130. The second-order valence-electron chi connectivity index (χ2n) is 10.8. The fourth-order valence-electron chi connectivity index (χ4n) is 6.30. The Morgan fingerprint density at radius 2 is 1.61 bits per heavy atom. The molecule has 2 unspecified atom stereocenters. The quantitative estimate of drug-likeness (QED) is 0.519. The van der Waals surface area contributed by atoms with Crippen LogP contribution in [0.1, 0.15) is 62.5 Å². The summed E-state index contributed by atoms with van der Waals surface area (Å²) in [5.74, 6) is 0.640. The zero-order valence-electron chi connectivity index (χ0n) is 21.3. The summed E-state index contributed by atoms with van der Waals surface area (Å²) in [5.41, 5.74) is 3.62. The van der Waals surface area contributed by atoms with Gasteiger partial charge in [0, 0.05) is 43.3 Å². The number of carbonyl (C=O) groups excluding carboxylic acids is 2. The first-order valence-electron chi connectivity index (χ1n) is 13.9. The van der Waals surface area contributed by atoms with Crippen LogP contribution in [0.4, 0.5) is 10.5 Å². The molecule has 3 aliphatic rings. The molecule has 1 saturated carbocycles. The van der Waals surface area contributed by atoms with E-state index in [4.69, 9.17) is 0 Å². The molecular formula is C30H40N4O2. The van der Waals surface area contributed by atoms with Crippen molar-refractivity contribution in [2.24, 2.45) is 5.92 Å². The highest BCUT2D eigenvalue weighted by atomic mass is 16.2. The largest absolute Gasteiger partial charge is 0.380 e. The molecule has 2 fully saturated rings. The number of nitrogens with zero attached hydrogens (tertiary/aromatic N) is 1. The number of carbonyl (C=O) groups is 2. The summed E-state index contributed by atoms with van der Waals surface area (Å²) in [7, 11) is 0. The summed E-state index contributed by atoms with van der Waals surface area (Å²) in [6.45, 7) is 2.21. The third-order valence-corrected chi connectivity index (χ3v) is 8.32. The van der Waals surface area contributed by atoms with Crippen molar-refractivity contribution >= 4 is 17.5 Å². The molecule has 3 N–H and O–H groups in total.